The zero-order valence-corrected chi connectivity index (χ0v) is 5.85. The Morgan fingerprint density at radius 2 is 2.56 bits per heavy atom. The van der Waals surface area contributed by atoms with Crippen molar-refractivity contribution in [3.63, 3.8) is 0 Å². The van der Waals surface area contributed by atoms with Gasteiger partial charge in [0.05, 0.1) is 0 Å². The van der Waals surface area contributed by atoms with Crippen LogP contribution < -0.4 is 5.32 Å². The van der Waals surface area contributed by atoms with Crippen LogP contribution in [0.4, 0.5) is 0 Å². The molecule has 1 saturated carbocycles. The average Bonchev–Trinajstić information content (AvgIpc) is 2.45. The van der Waals surface area contributed by atoms with E-state index in [0.29, 0.717) is 0 Å². The molecule has 2 unspecified atom stereocenters. The van der Waals surface area contributed by atoms with Crippen LogP contribution in [0.1, 0.15) is 19.3 Å². The highest BCUT2D eigenvalue weighted by Crippen LogP contribution is 2.39. The summed E-state index contributed by atoms with van der Waals surface area (Å²) >= 11 is 0. The molecule has 1 N–H and O–H groups in total. The van der Waals surface area contributed by atoms with Crippen LogP contribution in [0.2, 0.25) is 0 Å². The summed E-state index contributed by atoms with van der Waals surface area (Å²) in [5, 5.41) is 3.33. The van der Waals surface area contributed by atoms with Crippen LogP contribution in [0.15, 0.2) is 11.6 Å². The predicted molar refractivity (Wildman–Crippen MR) is 38.3 cm³/mol. The number of hydrogen-bond donors (Lipinski definition) is 1. The molecular weight excluding hydrogens is 110 g/mol. The van der Waals surface area contributed by atoms with E-state index in [2.05, 4.69) is 18.4 Å². The Kier molecular flexibility index (Phi) is 1.12. The molecule has 2 bridgehead atoms. The lowest BCUT2D eigenvalue weighted by Crippen LogP contribution is -2.24. The summed E-state index contributed by atoms with van der Waals surface area (Å²) in [6.45, 7) is 0. The van der Waals surface area contributed by atoms with Crippen molar-refractivity contribution < 1.29 is 0 Å². The summed E-state index contributed by atoms with van der Waals surface area (Å²) in [7, 11) is 2.06. The summed E-state index contributed by atoms with van der Waals surface area (Å²) in [5.74, 6) is 0.998. The summed E-state index contributed by atoms with van der Waals surface area (Å²) in [6, 6.07) is 0.740. The highest BCUT2D eigenvalue weighted by Gasteiger charge is 2.31. The fraction of sp³-hybridized carbons (Fsp3) is 0.750. The molecule has 1 nitrogen and oxygen atoms in total. The van der Waals surface area contributed by atoms with E-state index in [9.17, 15) is 0 Å². The van der Waals surface area contributed by atoms with E-state index in [0.717, 1.165) is 12.0 Å². The first-order valence-electron chi connectivity index (χ1n) is 3.76. The number of hydrogen-bond acceptors (Lipinski definition) is 1. The fourth-order valence-corrected chi connectivity index (χ4v) is 2.07. The van der Waals surface area contributed by atoms with Gasteiger partial charge in [0, 0.05) is 6.04 Å². The molecule has 0 spiro atoms. The molecule has 9 heavy (non-hydrogen) atoms. The maximum Gasteiger partial charge on any atom is 0.0279 e. The third-order valence-corrected chi connectivity index (χ3v) is 2.60. The molecule has 50 valence electrons. The van der Waals surface area contributed by atoms with Crippen molar-refractivity contribution in [2.75, 3.05) is 7.05 Å². The second-order valence-corrected chi connectivity index (χ2v) is 3.16. The average molecular weight is 123 g/mol. The first-order valence-corrected chi connectivity index (χ1v) is 3.76. The lowest BCUT2D eigenvalue weighted by Gasteiger charge is -2.13. The fourth-order valence-electron chi connectivity index (χ4n) is 2.07. The Labute approximate surface area is 56.1 Å². The molecule has 1 fully saturated rings. The quantitative estimate of drug-likeness (QED) is 0.518. The van der Waals surface area contributed by atoms with E-state index in [1.807, 2.05) is 0 Å². The molecule has 2 atom stereocenters. The number of allylic oxidation sites excluding steroid dienone is 1. The maximum absolute atomic E-state index is 3.33. The summed E-state index contributed by atoms with van der Waals surface area (Å²) < 4.78 is 0. The van der Waals surface area contributed by atoms with E-state index in [-0.39, 0.29) is 0 Å². The van der Waals surface area contributed by atoms with Gasteiger partial charge in [0.25, 0.3) is 0 Å². The predicted octanol–water partition coefficient (Wildman–Crippen LogP) is 1.31. The largest absolute Gasteiger partial charge is 0.313 e. The van der Waals surface area contributed by atoms with Gasteiger partial charge in [0.2, 0.25) is 0 Å². The molecule has 0 amide bonds. The van der Waals surface area contributed by atoms with Crippen molar-refractivity contribution in [2.45, 2.75) is 25.3 Å². The van der Waals surface area contributed by atoms with Gasteiger partial charge in [0.15, 0.2) is 0 Å². The highest BCUT2D eigenvalue weighted by atomic mass is 14.9. The van der Waals surface area contributed by atoms with E-state index in [1.165, 1.54) is 19.3 Å². The van der Waals surface area contributed by atoms with Gasteiger partial charge in [0.1, 0.15) is 0 Å². The summed E-state index contributed by atoms with van der Waals surface area (Å²) in [5.41, 5.74) is 1.67. The van der Waals surface area contributed by atoms with E-state index in [4.69, 9.17) is 0 Å². The van der Waals surface area contributed by atoms with Crippen molar-refractivity contribution in [1.29, 1.82) is 0 Å². The third-order valence-electron chi connectivity index (χ3n) is 2.60. The molecule has 0 aromatic rings. The van der Waals surface area contributed by atoms with Gasteiger partial charge in [-0.3, -0.25) is 0 Å². The second kappa shape index (κ2) is 1.84. The first-order chi connectivity index (χ1) is 4.40. The van der Waals surface area contributed by atoms with Crippen LogP contribution in [0.5, 0.6) is 0 Å². The summed E-state index contributed by atoms with van der Waals surface area (Å²) in [4.78, 5) is 0. The van der Waals surface area contributed by atoms with Crippen LogP contribution in [0, 0.1) is 5.92 Å². The van der Waals surface area contributed by atoms with Gasteiger partial charge in [-0.15, -0.1) is 0 Å². The molecule has 0 saturated heterocycles. The van der Waals surface area contributed by atoms with Gasteiger partial charge in [-0.05, 0) is 32.2 Å². The van der Waals surface area contributed by atoms with Crippen LogP contribution in [0.25, 0.3) is 0 Å². The third kappa shape index (κ3) is 0.715. The standard InChI is InChI=1S/C8H13N/c1-9-8-5-6-2-3-7(8)4-6/h3,6,8-9H,2,4-5H2,1H3. The molecule has 0 heterocycles. The minimum absolute atomic E-state index is 0.740. The first kappa shape index (κ1) is 5.48. The zero-order valence-electron chi connectivity index (χ0n) is 5.85. The minimum Gasteiger partial charge on any atom is -0.313 e. The van der Waals surface area contributed by atoms with Crippen LogP contribution in [0.3, 0.4) is 0 Å². The van der Waals surface area contributed by atoms with E-state index in [1.54, 1.807) is 5.57 Å². The van der Waals surface area contributed by atoms with E-state index < -0.39 is 0 Å². The second-order valence-electron chi connectivity index (χ2n) is 3.16. The lowest BCUT2D eigenvalue weighted by atomic mass is 10.0. The highest BCUT2D eigenvalue weighted by molar-refractivity contribution is 5.23. The van der Waals surface area contributed by atoms with E-state index >= 15 is 0 Å². The van der Waals surface area contributed by atoms with Crippen molar-refractivity contribution in [2.24, 2.45) is 5.92 Å². The monoisotopic (exact) mass is 123 g/mol. The van der Waals surface area contributed by atoms with Gasteiger partial charge in [-0.1, -0.05) is 11.6 Å². The molecule has 0 aliphatic heterocycles. The molecule has 2 aliphatic carbocycles. The molecule has 0 aromatic carbocycles. The number of rotatable bonds is 1. The normalized spacial score (nSPS) is 39.4. The Morgan fingerprint density at radius 3 is 2.89 bits per heavy atom. The maximum atomic E-state index is 3.33. The molecule has 0 radical (unpaired) electrons. The lowest BCUT2D eigenvalue weighted by molar-refractivity contribution is 0.512. The Morgan fingerprint density at radius 1 is 1.67 bits per heavy atom. The zero-order chi connectivity index (χ0) is 6.27. The summed E-state index contributed by atoms with van der Waals surface area (Å²) in [6.07, 6.45) is 6.54. The molecular formula is C8H13N. The van der Waals surface area contributed by atoms with Gasteiger partial charge >= 0.3 is 0 Å². The number of nitrogens with one attached hydrogen (secondary N) is 1. The molecule has 1 heteroatoms. The molecule has 2 rings (SSSR count). The van der Waals surface area contributed by atoms with Crippen molar-refractivity contribution in [3.05, 3.63) is 11.6 Å². The van der Waals surface area contributed by atoms with Crippen LogP contribution in [-0.4, -0.2) is 13.1 Å². The number of likely N-dealkylation sites (N-methyl/N-ethyl adjacent to an activating group) is 1. The Bertz CT molecular complexity index is 149. The Hall–Kier alpha value is -0.300. The minimum atomic E-state index is 0.740. The number of fused-ring (bicyclic) bond motifs is 2. The van der Waals surface area contributed by atoms with Crippen molar-refractivity contribution >= 4 is 0 Å². The smallest absolute Gasteiger partial charge is 0.0279 e. The van der Waals surface area contributed by atoms with Crippen molar-refractivity contribution in [1.82, 2.24) is 5.32 Å². The van der Waals surface area contributed by atoms with Crippen LogP contribution in [-0.2, 0) is 0 Å². The SMILES string of the molecule is CNC1CC2CC=C1C2. The Balaban J connectivity index is 2.15. The van der Waals surface area contributed by atoms with Crippen LogP contribution >= 0.6 is 0 Å². The topological polar surface area (TPSA) is 12.0 Å². The van der Waals surface area contributed by atoms with Gasteiger partial charge in [-0.25, -0.2) is 0 Å². The van der Waals surface area contributed by atoms with Gasteiger partial charge in [-0.2, -0.15) is 0 Å². The molecule has 2 aliphatic rings. The van der Waals surface area contributed by atoms with Gasteiger partial charge < -0.3 is 5.32 Å². The molecule has 0 aromatic heterocycles. The van der Waals surface area contributed by atoms with Crippen molar-refractivity contribution in [3.8, 4) is 0 Å².